The molecule has 1 aromatic carbocycles. The van der Waals surface area contributed by atoms with Gasteiger partial charge in [0.25, 0.3) is 0 Å². The zero-order chi connectivity index (χ0) is 14.9. The number of hydrogen-bond acceptors (Lipinski definition) is 4. The summed E-state index contributed by atoms with van der Waals surface area (Å²) >= 11 is 0.984. The third-order valence-electron chi connectivity index (χ3n) is 2.81. The van der Waals surface area contributed by atoms with Gasteiger partial charge in [-0.1, -0.05) is 6.07 Å². The van der Waals surface area contributed by atoms with Crippen LogP contribution < -0.4 is 0 Å². The van der Waals surface area contributed by atoms with E-state index in [4.69, 9.17) is 0 Å². The van der Waals surface area contributed by atoms with Gasteiger partial charge in [-0.3, -0.25) is 4.79 Å². The van der Waals surface area contributed by atoms with Gasteiger partial charge in [-0.2, -0.15) is 0 Å². The van der Waals surface area contributed by atoms with Gasteiger partial charge in [0.05, 0.1) is 5.56 Å². The van der Waals surface area contributed by atoms with Crippen LogP contribution >= 0.6 is 11.3 Å². The summed E-state index contributed by atoms with van der Waals surface area (Å²) in [6.07, 6.45) is 0. The van der Waals surface area contributed by atoms with E-state index in [1.54, 1.807) is 11.4 Å². The molecule has 3 nitrogen and oxygen atoms in total. The average Bonchev–Trinajstić information content (AvgIpc) is 2.91. The highest BCUT2D eigenvalue weighted by atomic mass is 32.2. The zero-order valence-corrected chi connectivity index (χ0v) is 12.0. The third-order valence-corrected chi connectivity index (χ3v) is 6.30. The van der Waals surface area contributed by atoms with Crippen LogP contribution in [0.3, 0.4) is 0 Å². The predicted octanol–water partition coefficient (Wildman–Crippen LogP) is 3.07. The average molecular weight is 316 g/mol. The molecule has 0 fully saturated rings. The number of benzene rings is 1. The number of ketones is 1. The molecule has 1 heterocycles. The summed E-state index contributed by atoms with van der Waals surface area (Å²) in [6.45, 7) is 1.19. The first-order valence-corrected chi connectivity index (χ1v) is 8.03. The van der Waals surface area contributed by atoms with Crippen molar-refractivity contribution in [2.75, 3.05) is 0 Å². The first-order chi connectivity index (χ1) is 9.34. The summed E-state index contributed by atoms with van der Waals surface area (Å²) in [5.74, 6) is -2.79. The van der Waals surface area contributed by atoms with Crippen LogP contribution in [0.25, 0.3) is 0 Å². The summed E-state index contributed by atoms with van der Waals surface area (Å²) in [5, 5.41) is 0.142. The number of rotatable bonds is 4. The zero-order valence-electron chi connectivity index (χ0n) is 10.3. The normalized spacial score (nSPS) is 13.2. The van der Waals surface area contributed by atoms with Crippen LogP contribution in [0, 0.1) is 11.6 Å². The maximum atomic E-state index is 13.5. The van der Waals surface area contributed by atoms with Gasteiger partial charge < -0.3 is 0 Å². The molecule has 0 radical (unpaired) electrons. The second kappa shape index (κ2) is 5.41. The Labute approximate surface area is 118 Å². The molecule has 0 amide bonds. The van der Waals surface area contributed by atoms with Gasteiger partial charge in [-0.05, 0) is 30.5 Å². The quantitative estimate of drug-likeness (QED) is 0.815. The fourth-order valence-electron chi connectivity index (χ4n) is 1.65. The number of halogens is 2. The molecule has 1 aromatic heterocycles. The standard InChI is InChI=1S/C13H10F2O3S2/c1-8(20(17,18)12-3-2-6-19-12)13(16)10-5-4-9(14)7-11(10)15/h2-8H,1H3. The van der Waals surface area contributed by atoms with Crippen molar-refractivity contribution in [3.63, 3.8) is 0 Å². The lowest BCUT2D eigenvalue weighted by Gasteiger charge is -2.11. The predicted molar refractivity (Wildman–Crippen MR) is 71.7 cm³/mol. The van der Waals surface area contributed by atoms with Gasteiger partial charge in [0.1, 0.15) is 21.1 Å². The number of thiophene rings is 1. The van der Waals surface area contributed by atoms with Gasteiger partial charge in [0.15, 0.2) is 15.6 Å². The van der Waals surface area contributed by atoms with Crippen molar-refractivity contribution >= 4 is 27.0 Å². The molecule has 2 aromatic rings. The van der Waals surface area contributed by atoms with E-state index in [2.05, 4.69) is 0 Å². The van der Waals surface area contributed by atoms with E-state index in [-0.39, 0.29) is 4.21 Å². The van der Waals surface area contributed by atoms with Crippen LogP contribution in [0.15, 0.2) is 39.9 Å². The Morgan fingerprint density at radius 2 is 1.95 bits per heavy atom. The number of carbonyl (C=O) groups excluding carboxylic acids is 1. The molecule has 0 spiro atoms. The Hall–Kier alpha value is -1.60. The lowest BCUT2D eigenvalue weighted by atomic mass is 10.1. The Balaban J connectivity index is 2.39. The summed E-state index contributed by atoms with van der Waals surface area (Å²) < 4.78 is 50.7. The van der Waals surface area contributed by atoms with Crippen molar-refractivity contribution in [2.45, 2.75) is 16.4 Å². The topological polar surface area (TPSA) is 51.2 Å². The van der Waals surface area contributed by atoms with Gasteiger partial charge >= 0.3 is 0 Å². The minimum Gasteiger partial charge on any atom is -0.293 e. The van der Waals surface area contributed by atoms with Crippen LogP contribution in [-0.2, 0) is 9.84 Å². The van der Waals surface area contributed by atoms with Crippen molar-refractivity contribution in [3.8, 4) is 0 Å². The Kier molecular flexibility index (Phi) is 4.01. The maximum Gasteiger partial charge on any atom is 0.197 e. The Bertz CT molecular complexity index is 737. The number of carbonyl (C=O) groups is 1. The molecule has 0 N–H and O–H groups in total. The van der Waals surface area contributed by atoms with E-state index in [1.807, 2.05) is 0 Å². The molecule has 7 heteroatoms. The lowest BCUT2D eigenvalue weighted by molar-refractivity contribution is 0.0987. The molecular formula is C13H10F2O3S2. The molecule has 1 atom stereocenters. The SMILES string of the molecule is CC(C(=O)c1ccc(F)cc1F)S(=O)(=O)c1cccs1. The minimum atomic E-state index is -3.86. The first-order valence-electron chi connectivity index (χ1n) is 5.60. The van der Waals surface area contributed by atoms with Crippen molar-refractivity contribution in [1.82, 2.24) is 0 Å². The van der Waals surface area contributed by atoms with Gasteiger partial charge in [-0.25, -0.2) is 17.2 Å². The van der Waals surface area contributed by atoms with Crippen LogP contribution in [0.2, 0.25) is 0 Å². The van der Waals surface area contributed by atoms with E-state index in [9.17, 15) is 22.0 Å². The number of hydrogen-bond donors (Lipinski definition) is 0. The highest BCUT2D eigenvalue weighted by molar-refractivity contribution is 7.94. The second-order valence-electron chi connectivity index (χ2n) is 4.11. The lowest BCUT2D eigenvalue weighted by Crippen LogP contribution is -2.27. The third kappa shape index (κ3) is 2.64. The van der Waals surface area contributed by atoms with Crippen LogP contribution in [0.4, 0.5) is 8.78 Å². The molecule has 2 rings (SSSR count). The van der Waals surface area contributed by atoms with Gasteiger partial charge in [0.2, 0.25) is 0 Å². The Morgan fingerprint density at radius 3 is 2.50 bits per heavy atom. The van der Waals surface area contributed by atoms with E-state index >= 15 is 0 Å². The van der Waals surface area contributed by atoms with Gasteiger partial charge in [0, 0.05) is 6.07 Å². The molecule has 0 aliphatic carbocycles. The van der Waals surface area contributed by atoms with Crippen molar-refractivity contribution in [3.05, 3.63) is 52.9 Å². The highest BCUT2D eigenvalue weighted by Gasteiger charge is 2.32. The van der Waals surface area contributed by atoms with Crippen LogP contribution in [0.1, 0.15) is 17.3 Å². The molecule has 0 bridgehead atoms. The molecule has 20 heavy (non-hydrogen) atoms. The second-order valence-corrected chi connectivity index (χ2v) is 7.55. The fourth-order valence-corrected chi connectivity index (χ4v) is 4.26. The van der Waals surface area contributed by atoms with Crippen molar-refractivity contribution in [1.29, 1.82) is 0 Å². The van der Waals surface area contributed by atoms with Crippen molar-refractivity contribution in [2.24, 2.45) is 0 Å². The number of Topliss-reactive ketones (excluding diaryl/α,β-unsaturated/α-hetero) is 1. The molecule has 0 saturated heterocycles. The Morgan fingerprint density at radius 1 is 1.25 bits per heavy atom. The minimum absolute atomic E-state index is 0.0425. The molecule has 0 saturated carbocycles. The summed E-state index contributed by atoms with van der Waals surface area (Å²) in [7, 11) is -3.86. The van der Waals surface area contributed by atoms with E-state index < -0.39 is 38.1 Å². The fraction of sp³-hybridized carbons (Fsp3) is 0.154. The molecular weight excluding hydrogens is 306 g/mol. The molecule has 0 aliphatic rings. The van der Waals surface area contributed by atoms with E-state index in [0.717, 1.165) is 23.5 Å². The summed E-state index contributed by atoms with van der Waals surface area (Å²) in [5.41, 5.74) is -0.431. The maximum absolute atomic E-state index is 13.5. The van der Waals surface area contributed by atoms with Gasteiger partial charge in [-0.15, -0.1) is 11.3 Å². The smallest absolute Gasteiger partial charge is 0.197 e. The van der Waals surface area contributed by atoms with E-state index in [0.29, 0.717) is 6.07 Å². The molecule has 106 valence electrons. The van der Waals surface area contributed by atoms with E-state index in [1.165, 1.54) is 13.0 Å². The van der Waals surface area contributed by atoms with Crippen molar-refractivity contribution < 1.29 is 22.0 Å². The largest absolute Gasteiger partial charge is 0.293 e. The van der Waals surface area contributed by atoms with Crippen LogP contribution in [0.5, 0.6) is 0 Å². The van der Waals surface area contributed by atoms with Crippen LogP contribution in [-0.4, -0.2) is 19.5 Å². The molecule has 1 unspecified atom stereocenters. The summed E-state index contributed by atoms with van der Waals surface area (Å²) in [4.78, 5) is 12.1. The summed E-state index contributed by atoms with van der Waals surface area (Å²) in [6, 6.07) is 5.35. The molecule has 0 aliphatic heterocycles. The first kappa shape index (κ1) is 14.8. The monoisotopic (exact) mass is 316 g/mol. The highest BCUT2D eigenvalue weighted by Crippen LogP contribution is 2.24. The number of sulfone groups is 1.